The molecule has 0 spiro atoms. The van der Waals surface area contributed by atoms with E-state index in [4.69, 9.17) is 11.6 Å². The highest BCUT2D eigenvalue weighted by atomic mass is 127. The van der Waals surface area contributed by atoms with Crippen molar-refractivity contribution in [2.45, 2.75) is 44.8 Å². The minimum Gasteiger partial charge on any atom is -0.388 e. The molecule has 6 heteroatoms. The van der Waals surface area contributed by atoms with E-state index in [0.717, 1.165) is 48.8 Å². The third-order valence-corrected chi connectivity index (χ3v) is 4.05. The lowest BCUT2D eigenvalue weighted by Crippen LogP contribution is -2.46. The largest absolute Gasteiger partial charge is 0.388 e. The van der Waals surface area contributed by atoms with Crippen molar-refractivity contribution in [1.29, 1.82) is 0 Å². The van der Waals surface area contributed by atoms with E-state index < -0.39 is 5.60 Å². The standard InChI is InChI=1S/C16H24ClN3O.HI/c1-2-18-15(20-12-16(21)9-3-4-10-16)19-11-13-5-7-14(17)8-6-13;/h5-8,21H,2-4,9-12H2,1H3,(H2,18,19,20);1H. The van der Waals surface area contributed by atoms with Crippen molar-refractivity contribution in [2.75, 3.05) is 13.1 Å². The number of rotatable bonds is 5. The van der Waals surface area contributed by atoms with Gasteiger partial charge in [-0.25, -0.2) is 4.99 Å². The summed E-state index contributed by atoms with van der Waals surface area (Å²) in [5.74, 6) is 0.743. The second-order valence-electron chi connectivity index (χ2n) is 5.61. The fourth-order valence-corrected chi connectivity index (χ4v) is 2.69. The van der Waals surface area contributed by atoms with Crippen LogP contribution in [0.5, 0.6) is 0 Å². The Balaban J connectivity index is 0.00000242. The number of guanidine groups is 1. The fourth-order valence-electron chi connectivity index (χ4n) is 2.56. The van der Waals surface area contributed by atoms with Crippen molar-refractivity contribution in [1.82, 2.24) is 10.6 Å². The molecule has 22 heavy (non-hydrogen) atoms. The van der Waals surface area contributed by atoms with Gasteiger partial charge in [0, 0.05) is 18.1 Å². The van der Waals surface area contributed by atoms with E-state index in [1.807, 2.05) is 31.2 Å². The lowest BCUT2D eigenvalue weighted by Gasteiger charge is -2.23. The molecule has 1 aromatic carbocycles. The van der Waals surface area contributed by atoms with Crippen LogP contribution in [0.25, 0.3) is 0 Å². The molecule has 0 amide bonds. The molecule has 0 bridgehead atoms. The van der Waals surface area contributed by atoms with Gasteiger partial charge in [0.25, 0.3) is 0 Å². The zero-order valence-corrected chi connectivity index (χ0v) is 16.0. The molecule has 0 aliphatic heterocycles. The lowest BCUT2D eigenvalue weighted by molar-refractivity contribution is 0.0522. The molecular formula is C16H25ClIN3O. The number of nitrogens with one attached hydrogen (secondary N) is 2. The summed E-state index contributed by atoms with van der Waals surface area (Å²) in [4.78, 5) is 4.55. The van der Waals surface area contributed by atoms with Crippen LogP contribution in [0.1, 0.15) is 38.2 Å². The number of benzene rings is 1. The molecular weight excluding hydrogens is 413 g/mol. The summed E-state index contributed by atoms with van der Waals surface area (Å²) >= 11 is 5.87. The Morgan fingerprint density at radius 3 is 2.45 bits per heavy atom. The van der Waals surface area contributed by atoms with Crippen LogP contribution >= 0.6 is 35.6 Å². The first-order chi connectivity index (χ1) is 10.1. The Bertz CT molecular complexity index is 473. The van der Waals surface area contributed by atoms with Gasteiger partial charge in [-0.2, -0.15) is 0 Å². The van der Waals surface area contributed by atoms with Crippen LogP contribution in [0.4, 0.5) is 0 Å². The Kier molecular flexibility index (Phi) is 8.49. The number of aliphatic imine (C=N–C) groups is 1. The number of aliphatic hydroxyl groups is 1. The van der Waals surface area contributed by atoms with E-state index in [-0.39, 0.29) is 24.0 Å². The number of nitrogens with zero attached hydrogens (tertiary/aromatic N) is 1. The van der Waals surface area contributed by atoms with Crippen LogP contribution in [0.3, 0.4) is 0 Å². The molecule has 1 fully saturated rings. The van der Waals surface area contributed by atoms with E-state index in [1.165, 1.54) is 0 Å². The van der Waals surface area contributed by atoms with Crippen molar-refractivity contribution >= 4 is 41.5 Å². The predicted molar refractivity (Wildman–Crippen MR) is 103 cm³/mol. The smallest absolute Gasteiger partial charge is 0.191 e. The van der Waals surface area contributed by atoms with Gasteiger partial charge < -0.3 is 15.7 Å². The molecule has 0 saturated heterocycles. The summed E-state index contributed by atoms with van der Waals surface area (Å²) in [5, 5.41) is 17.6. The topological polar surface area (TPSA) is 56.7 Å². The van der Waals surface area contributed by atoms with Crippen molar-refractivity contribution < 1.29 is 5.11 Å². The number of hydrogen-bond donors (Lipinski definition) is 3. The average molecular weight is 438 g/mol. The summed E-state index contributed by atoms with van der Waals surface area (Å²) < 4.78 is 0. The second-order valence-corrected chi connectivity index (χ2v) is 6.04. The Hall–Kier alpha value is -0.530. The molecule has 1 aliphatic rings. The summed E-state index contributed by atoms with van der Waals surface area (Å²) in [5.41, 5.74) is 0.535. The van der Waals surface area contributed by atoms with Crippen LogP contribution in [0.15, 0.2) is 29.3 Å². The van der Waals surface area contributed by atoms with Gasteiger partial charge in [-0.05, 0) is 37.5 Å². The molecule has 1 aromatic rings. The van der Waals surface area contributed by atoms with E-state index in [1.54, 1.807) is 0 Å². The molecule has 0 aromatic heterocycles. The summed E-state index contributed by atoms with van der Waals surface area (Å²) in [6, 6.07) is 7.68. The highest BCUT2D eigenvalue weighted by Crippen LogP contribution is 2.28. The first-order valence-electron chi connectivity index (χ1n) is 7.60. The minimum atomic E-state index is -0.573. The van der Waals surface area contributed by atoms with Gasteiger partial charge in [0.15, 0.2) is 5.96 Å². The predicted octanol–water partition coefficient (Wildman–Crippen LogP) is 3.32. The van der Waals surface area contributed by atoms with Crippen LogP contribution < -0.4 is 10.6 Å². The molecule has 1 aliphatic carbocycles. The lowest BCUT2D eigenvalue weighted by atomic mass is 10.0. The van der Waals surface area contributed by atoms with E-state index in [0.29, 0.717) is 13.1 Å². The van der Waals surface area contributed by atoms with Crippen molar-refractivity contribution in [3.63, 3.8) is 0 Å². The molecule has 0 atom stereocenters. The molecule has 1 saturated carbocycles. The highest BCUT2D eigenvalue weighted by Gasteiger charge is 2.30. The van der Waals surface area contributed by atoms with E-state index >= 15 is 0 Å². The summed E-state index contributed by atoms with van der Waals surface area (Å²) in [6.45, 7) is 3.97. The average Bonchev–Trinajstić information content (AvgIpc) is 2.91. The Morgan fingerprint density at radius 1 is 1.23 bits per heavy atom. The third kappa shape index (κ3) is 6.30. The molecule has 0 radical (unpaired) electrons. The Morgan fingerprint density at radius 2 is 1.86 bits per heavy atom. The van der Waals surface area contributed by atoms with Gasteiger partial charge in [0.2, 0.25) is 0 Å². The number of halogens is 2. The van der Waals surface area contributed by atoms with Crippen molar-refractivity contribution in [3.8, 4) is 0 Å². The molecule has 0 unspecified atom stereocenters. The SMILES string of the molecule is CCNC(=NCc1ccc(Cl)cc1)NCC1(O)CCCC1.I. The zero-order chi connectivity index (χ0) is 15.1. The normalized spacial score (nSPS) is 17.0. The number of hydrogen-bond acceptors (Lipinski definition) is 2. The van der Waals surface area contributed by atoms with Gasteiger partial charge in [0.05, 0.1) is 12.1 Å². The van der Waals surface area contributed by atoms with Gasteiger partial charge >= 0.3 is 0 Å². The monoisotopic (exact) mass is 437 g/mol. The summed E-state index contributed by atoms with van der Waals surface area (Å²) in [6.07, 6.45) is 3.96. The molecule has 2 rings (SSSR count). The maximum absolute atomic E-state index is 10.4. The van der Waals surface area contributed by atoms with E-state index in [9.17, 15) is 5.11 Å². The minimum absolute atomic E-state index is 0. The van der Waals surface area contributed by atoms with Crippen LogP contribution in [-0.4, -0.2) is 29.8 Å². The quantitative estimate of drug-likeness (QED) is 0.376. The Labute approximate surface area is 154 Å². The fraction of sp³-hybridized carbons (Fsp3) is 0.562. The maximum atomic E-state index is 10.4. The van der Waals surface area contributed by atoms with Gasteiger partial charge in [-0.1, -0.05) is 36.6 Å². The highest BCUT2D eigenvalue weighted by molar-refractivity contribution is 14.0. The van der Waals surface area contributed by atoms with Gasteiger partial charge in [-0.15, -0.1) is 24.0 Å². The van der Waals surface area contributed by atoms with Crippen molar-refractivity contribution in [3.05, 3.63) is 34.9 Å². The molecule has 4 nitrogen and oxygen atoms in total. The second kappa shape index (κ2) is 9.57. The van der Waals surface area contributed by atoms with Gasteiger partial charge in [-0.3, -0.25) is 0 Å². The molecule has 3 N–H and O–H groups in total. The van der Waals surface area contributed by atoms with Crippen LogP contribution in [0, 0.1) is 0 Å². The van der Waals surface area contributed by atoms with Crippen LogP contribution in [-0.2, 0) is 6.54 Å². The summed E-state index contributed by atoms with van der Waals surface area (Å²) in [7, 11) is 0. The maximum Gasteiger partial charge on any atom is 0.191 e. The van der Waals surface area contributed by atoms with Crippen molar-refractivity contribution in [2.24, 2.45) is 4.99 Å². The molecule has 124 valence electrons. The van der Waals surface area contributed by atoms with E-state index in [2.05, 4.69) is 15.6 Å². The first kappa shape index (κ1) is 19.5. The van der Waals surface area contributed by atoms with Gasteiger partial charge in [0.1, 0.15) is 0 Å². The third-order valence-electron chi connectivity index (χ3n) is 3.80. The van der Waals surface area contributed by atoms with Crippen LogP contribution in [0.2, 0.25) is 5.02 Å². The molecule has 0 heterocycles. The first-order valence-corrected chi connectivity index (χ1v) is 7.98. The zero-order valence-electron chi connectivity index (χ0n) is 12.9.